The summed E-state index contributed by atoms with van der Waals surface area (Å²) < 4.78 is 12.3. The van der Waals surface area contributed by atoms with Crippen molar-refractivity contribution in [3.63, 3.8) is 0 Å². The second-order valence-corrected chi connectivity index (χ2v) is 7.86. The fourth-order valence-corrected chi connectivity index (χ4v) is 2.42. The number of halogens is 2. The Hall–Kier alpha value is -0.520. The van der Waals surface area contributed by atoms with Crippen molar-refractivity contribution in [1.29, 1.82) is 0 Å². The number of hydrogen-bond donors (Lipinski definition) is 1. The Bertz CT molecular complexity index is 483. The van der Waals surface area contributed by atoms with Crippen LogP contribution in [0.4, 0.5) is 0 Å². The molecule has 0 aromatic heterocycles. The lowest BCUT2D eigenvalue weighted by Gasteiger charge is -2.14. The maximum atomic E-state index is 9.62. The summed E-state index contributed by atoms with van der Waals surface area (Å²) in [5.41, 5.74) is 2.06. The van der Waals surface area contributed by atoms with Gasteiger partial charge in [0.05, 0.1) is 16.6 Å². The van der Waals surface area contributed by atoms with Gasteiger partial charge < -0.3 is 14.6 Å². The fraction of sp³-hybridized carbons (Fsp3) is 0.529. The number of aromatic hydroxyl groups is 1. The minimum Gasteiger partial charge on any atom is -0.508 e. The highest BCUT2D eigenvalue weighted by molar-refractivity contribution is 9.28. The lowest BCUT2D eigenvalue weighted by Crippen LogP contribution is -2.03. The van der Waals surface area contributed by atoms with E-state index in [9.17, 15) is 5.11 Å². The molecule has 1 rings (SSSR count). The lowest BCUT2D eigenvalue weighted by atomic mass is 10.1. The Balaban J connectivity index is 2.21. The van der Waals surface area contributed by atoms with Crippen LogP contribution < -0.4 is 4.74 Å². The Morgan fingerprint density at radius 1 is 1.18 bits per heavy atom. The maximum Gasteiger partial charge on any atom is 0.125 e. The van der Waals surface area contributed by atoms with Gasteiger partial charge in [0, 0.05) is 6.61 Å². The fourth-order valence-electron chi connectivity index (χ4n) is 2.16. The van der Waals surface area contributed by atoms with Crippen LogP contribution in [0.1, 0.15) is 37.3 Å². The van der Waals surface area contributed by atoms with Crippen LogP contribution in [-0.2, 0) is 11.2 Å². The van der Waals surface area contributed by atoms with Crippen LogP contribution in [0.5, 0.6) is 11.5 Å². The molecule has 0 heterocycles. The van der Waals surface area contributed by atoms with Crippen molar-refractivity contribution in [2.75, 3.05) is 19.8 Å². The van der Waals surface area contributed by atoms with E-state index in [1.807, 2.05) is 13.0 Å². The highest BCUT2D eigenvalue weighted by Gasteiger charge is 2.08. The molecule has 0 saturated carbocycles. The molecule has 3 nitrogen and oxygen atoms in total. The first-order valence-corrected chi connectivity index (χ1v) is 9.17. The van der Waals surface area contributed by atoms with E-state index in [2.05, 4.69) is 38.8 Å². The van der Waals surface area contributed by atoms with Crippen molar-refractivity contribution >= 4 is 31.9 Å². The molecule has 22 heavy (non-hydrogen) atoms. The minimum atomic E-state index is 0.308. The summed E-state index contributed by atoms with van der Waals surface area (Å²) in [7, 11) is 0. The molecule has 0 aliphatic rings. The van der Waals surface area contributed by atoms with Gasteiger partial charge in [-0.25, -0.2) is 0 Å². The van der Waals surface area contributed by atoms with E-state index in [1.165, 1.54) is 0 Å². The Kier molecular flexibility index (Phi) is 9.84. The third kappa shape index (κ3) is 7.65. The van der Waals surface area contributed by atoms with E-state index in [-0.39, 0.29) is 0 Å². The largest absolute Gasteiger partial charge is 0.508 e. The van der Waals surface area contributed by atoms with Crippen molar-refractivity contribution in [3.8, 4) is 11.5 Å². The normalized spacial score (nSPS) is 10.5. The summed E-state index contributed by atoms with van der Waals surface area (Å²) in [6.45, 7) is 6.12. The molecule has 0 bridgehead atoms. The van der Waals surface area contributed by atoms with Crippen molar-refractivity contribution in [2.45, 2.75) is 39.5 Å². The SMILES string of the molecule is CCc1cc(O)cc(C)c1OCCCCCOCC=C(Br)Br. The van der Waals surface area contributed by atoms with Gasteiger partial charge >= 0.3 is 0 Å². The number of ether oxygens (including phenoxy) is 2. The first-order chi connectivity index (χ1) is 10.5. The van der Waals surface area contributed by atoms with Gasteiger partial charge in [0.15, 0.2) is 0 Å². The van der Waals surface area contributed by atoms with Crippen LogP contribution in [0.15, 0.2) is 21.6 Å². The third-order valence-corrected chi connectivity index (χ3v) is 3.90. The number of benzene rings is 1. The van der Waals surface area contributed by atoms with Gasteiger partial charge in [-0.2, -0.15) is 0 Å². The molecule has 0 saturated heterocycles. The molecule has 5 heteroatoms. The van der Waals surface area contributed by atoms with E-state index >= 15 is 0 Å². The predicted molar refractivity (Wildman–Crippen MR) is 98.3 cm³/mol. The van der Waals surface area contributed by atoms with Crippen LogP contribution >= 0.6 is 31.9 Å². The first kappa shape index (κ1) is 19.5. The summed E-state index contributed by atoms with van der Waals surface area (Å²) in [6.07, 6.45) is 5.91. The molecule has 124 valence electrons. The molecule has 0 unspecified atom stereocenters. The summed E-state index contributed by atoms with van der Waals surface area (Å²) in [4.78, 5) is 0. The number of hydrogen-bond acceptors (Lipinski definition) is 3. The number of rotatable bonds is 10. The van der Waals surface area contributed by atoms with Gasteiger partial charge in [0.2, 0.25) is 0 Å². The smallest absolute Gasteiger partial charge is 0.125 e. The Morgan fingerprint density at radius 2 is 1.91 bits per heavy atom. The summed E-state index contributed by atoms with van der Waals surface area (Å²) >= 11 is 6.57. The minimum absolute atomic E-state index is 0.308. The lowest BCUT2D eigenvalue weighted by molar-refractivity contribution is 0.155. The predicted octanol–water partition coefficient (Wildman–Crippen LogP) is 5.46. The van der Waals surface area contributed by atoms with E-state index in [4.69, 9.17) is 9.47 Å². The summed E-state index contributed by atoms with van der Waals surface area (Å²) in [5.74, 6) is 1.23. The third-order valence-electron chi connectivity index (χ3n) is 3.25. The zero-order valence-electron chi connectivity index (χ0n) is 13.2. The summed E-state index contributed by atoms with van der Waals surface area (Å²) in [5, 5.41) is 9.62. The van der Waals surface area contributed by atoms with Crippen LogP contribution in [0, 0.1) is 6.92 Å². The molecule has 1 N–H and O–H groups in total. The van der Waals surface area contributed by atoms with Gasteiger partial charge in [-0.15, -0.1) is 0 Å². The average molecular weight is 436 g/mol. The molecule has 0 spiro atoms. The molecule has 1 aromatic rings. The second kappa shape index (κ2) is 11.1. The van der Waals surface area contributed by atoms with Gasteiger partial charge in [0.1, 0.15) is 11.5 Å². The van der Waals surface area contributed by atoms with Crippen molar-refractivity contribution < 1.29 is 14.6 Å². The average Bonchev–Trinajstić information content (AvgIpc) is 2.46. The van der Waals surface area contributed by atoms with Crippen LogP contribution in [0.3, 0.4) is 0 Å². The van der Waals surface area contributed by atoms with E-state index < -0.39 is 0 Å². The second-order valence-electron chi connectivity index (χ2n) is 5.08. The van der Waals surface area contributed by atoms with E-state index in [0.717, 1.165) is 52.6 Å². The number of phenols is 1. The zero-order valence-corrected chi connectivity index (χ0v) is 16.4. The molecular formula is C17H24Br2O3. The van der Waals surface area contributed by atoms with E-state index in [0.29, 0.717) is 19.0 Å². The highest BCUT2D eigenvalue weighted by Crippen LogP contribution is 2.29. The van der Waals surface area contributed by atoms with Crippen molar-refractivity contribution in [3.05, 3.63) is 32.7 Å². The van der Waals surface area contributed by atoms with Crippen LogP contribution in [0.2, 0.25) is 0 Å². The molecule has 0 amide bonds. The number of unbranched alkanes of at least 4 members (excludes halogenated alkanes) is 2. The Morgan fingerprint density at radius 3 is 2.59 bits per heavy atom. The molecule has 0 aliphatic heterocycles. The standard InChI is InChI=1S/C17H24Br2O3/c1-3-14-12-15(20)11-13(2)17(14)22-9-6-4-5-8-21-10-7-16(18)19/h7,11-12,20H,3-6,8-10H2,1-2H3. The van der Waals surface area contributed by atoms with Crippen molar-refractivity contribution in [2.24, 2.45) is 0 Å². The van der Waals surface area contributed by atoms with Crippen molar-refractivity contribution in [1.82, 2.24) is 0 Å². The number of phenolic OH excluding ortho intramolecular Hbond substituents is 1. The maximum absolute atomic E-state index is 9.62. The molecule has 1 aromatic carbocycles. The Labute approximate surface area is 150 Å². The zero-order chi connectivity index (χ0) is 16.4. The quantitative estimate of drug-likeness (QED) is 0.496. The first-order valence-electron chi connectivity index (χ1n) is 7.58. The molecule has 0 radical (unpaired) electrons. The topological polar surface area (TPSA) is 38.7 Å². The molecule has 0 aliphatic carbocycles. The van der Waals surface area contributed by atoms with Gasteiger partial charge in [-0.1, -0.05) is 6.92 Å². The van der Waals surface area contributed by atoms with E-state index in [1.54, 1.807) is 12.1 Å². The number of aryl methyl sites for hydroxylation is 2. The molecular weight excluding hydrogens is 412 g/mol. The highest BCUT2D eigenvalue weighted by atomic mass is 79.9. The molecule has 0 atom stereocenters. The summed E-state index contributed by atoms with van der Waals surface area (Å²) in [6, 6.07) is 3.53. The van der Waals surface area contributed by atoms with Crippen LogP contribution in [-0.4, -0.2) is 24.9 Å². The monoisotopic (exact) mass is 434 g/mol. The van der Waals surface area contributed by atoms with Gasteiger partial charge in [-0.3, -0.25) is 0 Å². The van der Waals surface area contributed by atoms with Crippen LogP contribution in [0.25, 0.3) is 0 Å². The van der Waals surface area contributed by atoms with Gasteiger partial charge in [0.25, 0.3) is 0 Å². The molecule has 0 fully saturated rings. The van der Waals surface area contributed by atoms with Gasteiger partial charge in [-0.05, 0) is 93.8 Å².